The lowest BCUT2D eigenvalue weighted by Crippen LogP contribution is -2.32. The molecule has 1 aromatic carbocycles. The summed E-state index contributed by atoms with van der Waals surface area (Å²) in [6.07, 6.45) is 15.3. The molecule has 1 heterocycles. The van der Waals surface area contributed by atoms with Gasteiger partial charge in [0, 0.05) is 36.6 Å². The van der Waals surface area contributed by atoms with Crippen LogP contribution in [0.5, 0.6) is 0 Å². The summed E-state index contributed by atoms with van der Waals surface area (Å²) in [5.74, 6) is 0.161. The van der Waals surface area contributed by atoms with Crippen LogP contribution in [0.2, 0.25) is 0 Å². The smallest absolute Gasteiger partial charge is 0.220 e. The Morgan fingerprint density at radius 3 is 2.46 bits per heavy atom. The van der Waals surface area contributed by atoms with Crippen molar-refractivity contribution in [2.45, 2.75) is 77.6 Å². The highest BCUT2D eigenvalue weighted by Crippen LogP contribution is 2.19. The number of benzene rings is 1. The number of amides is 1. The number of unbranched alkanes of at least 4 members (excludes halogenated alkanes) is 7. The maximum atomic E-state index is 12.0. The molecule has 0 aliphatic rings. The molecular weight excluding hydrogens is 346 g/mol. The molecule has 0 radical (unpaired) electrons. The fourth-order valence-corrected chi connectivity index (χ4v) is 3.67. The number of para-hydroxylation sites is 1. The van der Waals surface area contributed by atoms with E-state index in [9.17, 15) is 4.79 Å². The lowest BCUT2D eigenvalue weighted by atomic mass is 10.1. The number of nitrogens with one attached hydrogen (secondary N) is 3. The van der Waals surface area contributed by atoms with Crippen molar-refractivity contribution in [2.24, 2.45) is 0 Å². The van der Waals surface area contributed by atoms with E-state index in [0.29, 0.717) is 6.42 Å². The number of carbonyl (C=O) groups excluding carboxylic acids is 1. The van der Waals surface area contributed by atoms with Crippen molar-refractivity contribution in [3.8, 4) is 0 Å². The zero-order valence-corrected chi connectivity index (χ0v) is 17.7. The Morgan fingerprint density at radius 2 is 1.64 bits per heavy atom. The minimum absolute atomic E-state index is 0.161. The summed E-state index contributed by atoms with van der Waals surface area (Å²) in [4.78, 5) is 15.3. The summed E-state index contributed by atoms with van der Waals surface area (Å²) in [5.41, 5.74) is 2.47. The van der Waals surface area contributed by atoms with Gasteiger partial charge in [-0.15, -0.1) is 0 Å². The van der Waals surface area contributed by atoms with Crippen LogP contribution in [-0.4, -0.2) is 30.5 Å². The second-order valence-electron chi connectivity index (χ2n) is 7.79. The number of aromatic amines is 1. The van der Waals surface area contributed by atoms with Gasteiger partial charge in [0.05, 0.1) is 0 Å². The van der Waals surface area contributed by atoms with Gasteiger partial charge in [-0.05, 0) is 37.4 Å². The fourth-order valence-electron chi connectivity index (χ4n) is 3.67. The van der Waals surface area contributed by atoms with Gasteiger partial charge < -0.3 is 15.6 Å². The molecule has 0 saturated heterocycles. The summed E-state index contributed by atoms with van der Waals surface area (Å²) in [6, 6.07) is 8.33. The SMILES string of the molecule is CCCCCCCCCCNCCNC(=O)CCCc1c[nH]c2ccccc12. The first-order valence-electron chi connectivity index (χ1n) is 11.3. The van der Waals surface area contributed by atoms with Gasteiger partial charge in [0.1, 0.15) is 0 Å². The van der Waals surface area contributed by atoms with Crippen LogP contribution in [0.25, 0.3) is 10.9 Å². The van der Waals surface area contributed by atoms with Crippen molar-refractivity contribution in [3.05, 3.63) is 36.0 Å². The third kappa shape index (κ3) is 8.92. The van der Waals surface area contributed by atoms with Crippen LogP contribution in [0.15, 0.2) is 30.5 Å². The molecule has 28 heavy (non-hydrogen) atoms. The Labute approximate surface area is 170 Å². The van der Waals surface area contributed by atoms with E-state index in [1.54, 1.807) is 0 Å². The van der Waals surface area contributed by atoms with Crippen LogP contribution in [-0.2, 0) is 11.2 Å². The molecule has 0 fully saturated rings. The molecule has 3 N–H and O–H groups in total. The molecule has 0 bridgehead atoms. The van der Waals surface area contributed by atoms with Crippen LogP contribution >= 0.6 is 0 Å². The molecule has 1 aromatic heterocycles. The predicted octanol–water partition coefficient (Wildman–Crippen LogP) is 5.34. The molecule has 2 aromatic rings. The molecule has 156 valence electrons. The van der Waals surface area contributed by atoms with Crippen LogP contribution < -0.4 is 10.6 Å². The molecule has 0 saturated carbocycles. The van der Waals surface area contributed by atoms with Crippen LogP contribution in [0.3, 0.4) is 0 Å². The fraction of sp³-hybridized carbons (Fsp3) is 0.625. The van der Waals surface area contributed by atoms with Gasteiger partial charge >= 0.3 is 0 Å². The highest BCUT2D eigenvalue weighted by Gasteiger charge is 2.05. The number of aromatic nitrogens is 1. The average Bonchev–Trinajstić information content (AvgIpc) is 3.12. The van der Waals surface area contributed by atoms with E-state index in [0.717, 1.165) is 32.5 Å². The quantitative estimate of drug-likeness (QED) is 0.342. The van der Waals surface area contributed by atoms with Crippen molar-refractivity contribution in [1.29, 1.82) is 0 Å². The number of fused-ring (bicyclic) bond motifs is 1. The van der Waals surface area contributed by atoms with Crippen LogP contribution in [0, 0.1) is 0 Å². The predicted molar refractivity (Wildman–Crippen MR) is 120 cm³/mol. The third-order valence-corrected chi connectivity index (χ3v) is 5.36. The van der Waals surface area contributed by atoms with E-state index in [4.69, 9.17) is 0 Å². The molecule has 0 aliphatic carbocycles. The second-order valence-corrected chi connectivity index (χ2v) is 7.79. The number of aryl methyl sites for hydroxylation is 1. The lowest BCUT2D eigenvalue weighted by molar-refractivity contribution is -0.121. The van der Waals surface area contributed by atoms with Gasteiger partial charge in [-0.3, -0.25) is 4.79 Å². The Bertz CT molecular complexity index is 665. The maximum Gasteiger partial charge on any atom is 0.220 e. The Kier molecular flexibility index (Phi) is 11.4. The molecule has 0 aliphatic heterocycles. The van der Waals surface area contributed by atoms with Gasteiger partial charge in [-0.1, -0.05) is 70.1 Å². The van der Waals surface area contributed by atoms with Gasteiger partial charge in [0.2, 0.25) is 5.91 Å². The van der Waals surface area contributed by atoms with E-state index in [2.05, 4.69) is 46.9 Å². The molecule has 0 spiro atoms. The number of H-pyrrole nitrogens is 1. The lowest BCUT2D eigenvalue weighted by Gasteiger charge is -2.07. The van der Waals surface area contributed by atoms with Crippen molar-refractivity contribution in [3.63, 3.8) is 0 Å². The molecule has 4 nitrogen and oxygen atoms in total. The van der Waals surface area contributed by atoms with E-state index in [-0.39, 0.29) is 5.91 Å². The molecule has 2 rings (SSSR count). The number of hydrogen-bond donors (Lipinski definition) is 3. The second kappa shape index (κ2) is 14.2. The van der Waals surface area contributed by atoms with Crippen molar-refractivity contribution >= 4 is 16.8 Å². The maximum absolute atomic E-state index is 12.0. The van der Waals surface area contributed by atoms with Crippen LogP contribution in [0.4, 0.5) is 0 Å². The topological polar surface area (TPSA) is 56.9 Å². The van der Waals surface area contributed by atoms with Crippen molar-refractivity contribution in [2.75, 3.05) is 19.6 Å². The number of hydrogen-bond acceptors (Lipinski definition) is 2. The first-order valence-corrected chi connectivity index (χ1v) is 11.3. The molecular formula is C24H39N3O. The van der Waals surface area contributed by atoms with E-state index < -0.39 is 0 Å². The van der Waals surface area contributed by atoms with E-state index >= 15 is 0 Å². The highest BCUT2D eigenvalue weighted by molar-refractivity contribution is 5.83. The Hall–Kier alpha value is -1.81. The Morgan fingerprint density at radius 1 is 0.893 bits per heavy atom. The molecule has 0 unspecified atom stereocenters. The Balaban J connectivity index is 1.40. The van der Waals surface area contributed by atoms with E-state index in [1.165, 1.54) is 67.8 Å². The monoisotopic (exact) mass is 385 g/mol. The highest BCUT2D eigenvalue weighted by atomic mass is 16.1. The number of rotatable bonds is 16. The summed E-state index contributed by atoms with van der Waals surface area (Å²) >= 11 is 0. The molecule has 0 atom stereocenters. The zero-order chi connectivity index (χ0) is 19.9. The third-order valence-electron chi connectivity index (χ3n) is 5.36. The summed E-state index contributed by atoms with van der Waals surface area (Å²) in [6.45, 7) is 4.91. The minimum atomic E-state index is 0.161. The minimum Gasteiger partial charge on any atom is -0.361 e. The normalized spacial score (nSPS) is 11.2. The van der Waals surface area contributed by atoms with Crippen LogP contribution in [0.1, 0.15) is 76.7 Å². The summed E-state index contributed by atoms with van der Waals surface area (Å²) in [7, 11) is 0. The van der Waals surface area contributed by atoms with Gasteiger partial charge in [-0.25, -0.2) is 0 Å². The van der Waals surface area contributed by atoms with Gasteiger partial charge in [0.25, 0.3) is 0 Å². The summed E-state index contributed by atoms with van der Waals surface area (Å²) < 4.78 is 0. The largest absolute Gasteiger partial charge is 0.361 e. The number of carbonyl (C=O) groups is 1. The molecule has 1 amide bonds. The van der Waals surface area contributed by atoms with Gasteiger partial charge in [0.15, 0.2) is 0 Å². The summed E-state index contributed by atoms with van der Waals surface area (Å²) in [5, 5.41) is 7.72. The first kappa shape index (κ1) is 22.5. The van der Waals surface area contributed by atoms with Crippen molar-refractivity contribution in [1.82, 2.24) is 15.6 Å². The standard InChI is InChI=1S/C24H39N3O/c1-2-3-4-5-6-7-8-11-17-25-18-19-26-24(28)16-12-13-21-20-27-23-15-10-9-14-22(21)23/h9-10,14-15,20,25,27H,2-8,11-13,16-19H2,1H3,(H,26,28). The zero-order valence-electron chi connectivity index (χ0n) is 17.7. The first-order chi connectivity index (χ1) is 13.8. The van der Waals surface area contributed by atoms with Crippen molar-refractivity contribution < 1.29 is 4.79 Å². The van der Waals surface area contributed by atoms with E-state index in [1.807, 2.05) is 6.07 Å². The molecule has 4 heteroatoms. The average molecular weight is 386 g/mol. The van der Waals surface area contributed by atoms with Gasteiger partial charge in [-0.2, -0.15) is 0 Å².